The van der Waals surface area contributed by atoms with Crippen molar-refractivity contribution in [1.29, 1.82) is 0 Å². The Hall–Kier alpha value is -3.83. The molecule has 12 heteroatoms. The summed E-state index contributed by atoms with van der Waals surface area (Å²) >= 11 is 0. The lowest BCUT2D eigenvalue weighted by Crippen LogP contribution is -2.51. The number of hydrogen-bond donors (Lipinski definition) is 5. The molecule has 0 bridgehead atoms. The molecule has 192 valence electrons. The van der Waals surface area contributed by atoms with Crippen LogP contribution in [0.15, 0.2) is 35.3 Å². The lowest BCUT2D eigenvalue weighted by Gasteiger charge is -2.33. The SMILES string of the molecule is C[C@@H](NC(=O)OCc1ccccc1)C(=O)N1CCC(C(=O)N[C@H](CCCN=C(N)N)C(=O)O)CC1. The summed E-state index contributed by atoms with van der Waals surface area (Å²) < 4.78 is 5.15. The van der Waals surface area contributed by atoms with Gasteiger partial charge in [0.2, 0.25) is 11.8 Å². The standard InChI is InChI=1S/C23H34N6O6/c1-15(27-23(34)35-14-16-6-3-2-4-7-16)20(31)29-12-9-17(10-13-29)19(30)28-18(21(32)33)8-5-11-26-22(24)25/h2-4,6-7,15,17-18H,5,8-14H2,1H3,(H,27,34)(H,28,30)(H,32,33)(H4,24,25,26)/t15-,18-/m1/s1. The molecule has 1 saturated heterocycles. The molecule has 1 aromatic rings. The minimum atomic E-state index is -1.13. The van der Waals surface area contributed by atoms with Gasteiger partial charge in [-0.1, -0.05) is 30.3 Å². The number of carboxylic acid groups (broad SMARTS) is 1. The van der Waals surface area contributed by atoms with Crippen LogP contribution in [-0.2, 0) is 25.7 Å². The van der Waals surface area contributed by atoms with Crippen molar-refractivity contribution >= 4 is 29.8 Å². The fraction of sp³-hybridized carbons (Fsp3) is 0.522. The first kappa shape index (κ1) is 27.4. The number of nitrogens with two attached hydrogens (primary N) is 2. The van der Waals surface area contributed by atoms with Crippen LogP contribution in [0.5, 0.6) is 0 Å². The Morgan fingerprint density at radius 2 is 1.80 bits per heavy atom. The number of carboxylic acids is 1. The molecule has 0 aromatic heterocycles. The van der Waals surface area contributed by atoms with Gasteiger partial charge in [0.15, 0.2) is 5.96 Å². The molecule has 12 nitrogen and oxygen atoms in total. The number of guanidine groups is 1. The zero-order valence-electron chi connectivity index (χ0n) is 19.8. The van der Waals surface area contributed by atoms with Gasteiger partial charge < -0.3 is 36.8 Å². The number of amides is 3. The van der Waals surface area contributed by atoms with Gasteiger partial charge in [-0.2, -0.15) is 0 Å². The number of carbonyl (C=O) groups is 4. The van der Waals surface area contributed by atoms with Crippen LogP contribution in [0, 0.1) is 5.92 Å². The van der Waals surface area contributed by atoms with Crippen molar-refractivity contribution < 1.29 is 29.0 Å². The third-order valence-electron chi connectivity index (χ3n) is 5.65. The van der Waals surface area contributed by atoms with E-state index in [4.69, 9.17) is 16.2 Å². The Morgan fingerprint density at radius 3 is 2.40 bits per heavy atom. The van der Waals surface area contributed by atoms with E-state index in [9.17, 15) is 24.3 Å². The smallest absolute Gasteiger partial charge is 0.408 e. The first-order chi connectivity index (χ1) is 16.7. The van der Waals surface area contributed by atoms with Gasteiger partial charge in [-0.25, -0.2) is 9.59 Å². The molecule has 0 radical (unpaired) electrons. The highest BCUT2D eigenvalue weighted by Crippen LogP contribution is 2.19. The molecule has 7 N–H and O–H groups in total. The first-order valence-electron chi connectivity index (χ1n) is 11.5. The van der Waals surface area contributed by atoms with Crippen LogP contribution in [-0.4, -0.2) is 71.6 Å². The van der Waals surface area contributed by atoms with Crippen molar-refractivity contribution in [3.63, 3.8) is 0 Å². The summed E-state index contributed by atoms with van der Waals surface area (Å²) in [5, 5.41) is 14.5. The number of piperidine rings is 1. The minimum Gasteiger partial charge on any atom is -0.480 e. The van der Waals surface area contributed by atoms with E-state index in [0.717, 1.165) is 5.56 Å². The summed E-state index contributed by atoms with van der Waals surface area (Å²) in [6.45, 7) is 2.59. The number of benzene rings is 1. The Balaban J connectivity index is 1.74. The quantitative estimate of drug-likeness (QED) is 0.165. The predicted molar refractivity (Wildman–Crippen MR) is 128 cm³/mol. The van der Waals surface area contributed by atoms with Crippen LogP contribution in [0.3, 0.4) is 0 Å². The van der Waals surface area contributed by atoms with Crippen molar-refractivity contribution in [2.75, 3.05) is 19.6 Å². The van der Waals surface area contributed by atoms with Crippen molar-refractivity contribution in [2.45, 2.75) is 51.3 Å². The maximum Gasteiger partial charge on any atom is 0.408 e. The highest BCUT2D eigenvalue weighted by molar-refractivity contribution is 5.87. The molecule has 0 aliphatic carbocycles. The van der Waals surface area contributed by atoms with Crippen LogP contribution in [0.25, 0.3) is 0 Å². The lowest BCUT2D eigenvalue weighted by atomic mass is 9.95. The van der Waals surface area contributed by atoms with Gasteiger partial charge in [0.05, 0.1) is 0 Å². The third kappa shape index (κ3) is 9.51. The highest BCUT2D eigenvalue weighted by Gasteiger charge is 2.31. The first-order valence-corrected chi connectivity index (χ1v) is 11.5. The fourth-order valence-electron chi connectivity index (χ4n) is 3.69. The van der Waals surface area contributed by atoms with Gasteiger partial charge in [-0.3, -0.25) is 14.6 Å². The molecular formula is C23H34N6O6. The van der Waals surface area contributed by atoms with Crippen LogP contribution in [0.2, 0.25) is 0 Å². The molecule has 1 fully saturated rings. The maximum absolute atomic E-state index is 12.7. The van der Waals surface area contributed by atoms with Gasteiger partial charge >= 0.3 is 12.1 Å². The second kappa shape index (κ2) is 13.8. The van der Waals surface area contributed by atoms with Crippen LogP contribution in [0.1, 0.15) is 38.2 Å². The normalized spacial score (nSPS) is 15.4. The van der Waals surface area contributed by atoms with Crippen LogP contribution >= 0.6 is 0 Å². The van der Waals surface area contributed by atoms with E-state index in [1.165, 1.54) is 0 Å². The molecule has 0 spiro atoms. The number of likely N-dealkylation sites (tertiary alicyclic amines) is 1. The number of alkyl carbamates (subject to hydrolysis) is 1. The highest BCUT2D eigenvalue weighted by atomic mass is 16.5. The van der Waals surface area contributed by atoms with E-state index in [1.54, 1.807) is 11.8 Å². The molecule has 1 aliphatic rings. The average molecular weight is 491 g/mol. The van der Waals surface area contributed by atoms with Crippen molar-refractivity contribution in [2.24, 2.45) is 22.4 Å². The summed E-state index contributed by atoms with van der Waals surface area (Å²) in [6.07, 6.45) is 0.689. The van der Waals surface area contributed by atoms with E-state index in [-0.39, 0.29) is 37.3 Å². The molecule has 2 atom stereocenters. The van der Waals surface area contributed by atoms with Gasteiger partial charge in [0, 0.05) is 25.6 Å². The molecule has 2 rings (SSSR count). The largest absolute Gasteiger partial charge is 0.480 e. The zero-order valence-corrected chi connectivity index (χ0v) is 19.8. The average Bonchev–Trinajstić information content (AvgIpc) is 2.84. The second-order valence-electron chi connectivity index (χ2n) is 8.38. The van der Waals surface area contributed by atoms with Gasteiger partial charge in [-0.15, -0.1) is 0 Å². The zero-order chi connectivity index (χ0) is 25.8. The van der Waals surface area contributed by atoms with E-state index < -0.39 is 30.1 Å². The summed E-state index contributed by atoms with van der Waals surface area (Å²) in [5.74, 6) is -2.24. The van der Waals surface area contributed by atoms with E-state index >= 15 is 0 Å². The molecule has 35 heavy (non-hydrogen) atoms. The van der Waals surface area contributed by atoms with E-state index in [2.05, 4.69) is 15.6 Å². The van der Waals surface area contributed by atoms with Crippen molar-refractivity contribution in [1.82, 2.24) is 15.5 Å². The van der Waals surface area contributed by atoms with Crippen LogP contribution in [0.4, 0.5) is 4.79 Å². The van der Waals surface area contributed by atoms with E-state index in [0.29, 0.717) is 32.4 Å². The molecule has 1 aliphatic heterocycles. The topological polar surface area (TPSA) is 189 Å². The Morgan fingerprint density at radius 1 is 1.14 bits per heavy atom. The van der Waals surface area contributed by atoms with Crippen LogP contribution < -0.4 is 22.1 Å². The van der Waals surface area contributed by atoms with Gasteiger partial charge in [0.1, 0.15) is 18.7 Å². The summed E-state index contributed by atoms with van der Waals surface area (Å²) in [7, 11) is 0. The number of aliphatic imine (C=N–C) groups is 1. The Kier molecular flexibility index (Phi) is 10.8. The minimum absolute atomic E-state index is 0.0733. The van der Waals surface area contributed by atoms with Crippen molar-refractivity contribution in [3.05, 3.63) is 35.9 Å². The number of rotatable bonds is 11. The monoisotopic (exact) mass is 490 g/mol. The summed E-state index contributed by atoms with van der Waals surface area (Å²) in [4.78, 5) is 54.2. The second-order valence-corrected chi connectivity index (χ2v) is 8.38. The number of aliphatic carboxylic acids is 1. The summed E-state index contributed by atoms with van der Waals surface area (Å²) in [6, 6.07) is 7.36. The number of ether oxygens (including phenoxy) is 1. The Labute approximate surface area is 204 Å². The van der Waals surface area contributed by atoms with Crippen molar-refractivity contribution in [3.8, 4) is 0 Å². The number of nitrogens with zero attached hydrogens (tertiary/aromatic N) is 2. The van der Waals surface area contributed by atoms with Gasteiger partial charge in [-0.05, 0) is 38.2 Å². The molecular weight excluding hydrogens is 456 g/mol. The molecule has 3 amide bonds. The number of nitrogens with one attached hydrogen (secondary N) is 2. The van der Waals surface area contributed by atoms with E-state index in [1.807, 2.05) is 30.3 Å². The Bertz CT molecular complexity index is 897. The third-order valence-corrected chi connectivity index (χ3v) is 5.65. The molecule has 0 unspecified atom stereocenters. The number of hydrogen-bond acceptors (Lipinski definition) is 6. The molecule has 0 saturated carbocycles. The maximum atomic E-state index is 12.7. The summed E-state index contributed by atoms with van der Waals surface area (Å²) in [5.41, 5.74) is 11.3. The molecule has 1 heterocycles. The number of carbonyl (C=O) groups excluding carboxylic acids is 3. The van der Waals surface area contributed by atoms with Gasteiger partial charge in [0.25, 0.3) is 0 Å². The molecule has 1 aromatic carbocycles. The predicted octanol–water partition coefficient (Wildman–Crippen LogP) is 0.163. The fourth-order valence-corrected chi connectivity index (χ4v) is 3.69. The lowest BCUT2D eigenvalue weighted by molar-refractivity contribution is -0.143.